The second-order valence-corrected chi connectivity index (χ2v) is 8.36. The molecular weight excluding hydrogens is 407 g/mol. The summed E-state index contributed by atoms with van der Waals surface area (Å²) >= 11 is 0. The van der Waals surface area contributed by atoms with Crippen molar-refractivity contribution < 1.29 is 32.4 Å². The number of carbonyl (C=O) groups excluding carboxylic acids is 2. The lowest BCUT2D eigenvalue weighted by molar-refractivity contribution is -0.152. The van der Waals surface area contributed by atoms with Crippen molar-refractivity contribution in [2.45, 2.75) is 51.9 Å². The molecule has 0 radical (unpaired) electrons. The molecule has 1 saturated heterocycles. The molecule has 6 nitrogen and oxygen atoms in total. The summed E-state index contributed by atoms with van der Waals surface area (Å²) in [5.74, 6) is -2.68. The van der Waals surface area contributed by atoms with Crippen molar-refractivity contribution in [2.24, 2.45) is 0 Å². The molecule has 1 N–H and O–H groups in total. The van der Waals surface area contributed by atoms with Gasteiger partial charge in [0.15, 0.2) is 0 Å². The number of hydrogen-bond acceptors (Lipinski definition) is 5. The van der Waals surface area contributed by atoms with Gasteiger partial charge in [0.1, 0.15) is 11.6 Å². The van der Waals surface area contributed by atoms with Gasteiger partial charge in [-0.05, 0) is 52.0 Å². The molecule has 0 aromatic heterocycles. The summed E-state index contributed by atoms with van der Waals surface area (Å²) in [5, 5.41) is 2.50. The fourth-order valence-electron chi connectivity index (χ4n) is 3.08. The predicted molar refractivity (Wildman–Crippen MR) is 112 cm³/mol. The van der Waals surface area contributed by atoms with E-state index in [0.29, 0.717) is 0 Å². The first-order chi connectivity index (χ1) is 14.4. The maximum Gasteiger partial charge on any atom is 0.497 e. The summed E-state index contributed by atoms with van der Waals surface area (Å²) < 4.78 is 45.1. The maximum atomic E-state index is 14.8. The molecule has 0 aliphatic carbocycles. The summed E-state index contributed by atoms with van der Waals surface area (Å²) in [7, 11) is -0.893. The zero-order valence-electron chi connectivity index (χ0n) is 18.0. The Balaban J connectivity index is 1.80. The van der Waals surface area contributed by atoms with Crippen molar-refractivity contribution in [1.29, 1.82) is 0 Å². The smallest absolute Gasteiger partial charge is 0.447 e. The quantitative estimate of drug-likeness (QED) is 0.580. The average Bonchev–Trinajstić information content (AvgIpc) is 2.86. The van der Waals surface area contributed by atoms with E-state index < -0.39 is 47.9 Å². The minimum absolute atomic E-state index is 0.135. The predicted octanol–water partition coefficient (Wildman–Crippen LogP) is 3.51. The van der Waals surface area contributed by atoms with E-state index in [9.17, 15) is 18.4 Å². The Morgan fingerprint density at radius 2 is 1.68 bits per heavy atom. The van der Waals surface area contributed by atoms with Crippen molar-refractivity contribution in [3.05, 3.63) is 59.7 Å². The molecular formula is C22H24BF2NO5. The zero-order chi connectivity index (χ0) is 23.0. The number of anilines is 1. The molecule has 1 atom stereocenters. The summed E-state index contributed by atoms with van der Waals surface area (Å²) in [6, 6.07) is 9.21. The summed E-state index contributed by atoms with van der Waals surface area (Å²) in [5.41, 5.74) is -0.769. The number of nitrogens with one attached hydrogen (secondary N) is 1. The normalized spacial score (nSPS) is 17.8. The van der Waals surface area contributed by atoms with E-state index in [1.807, 2.05) is 27.7 Å². The summed E-state index contributed by atoms with van der Waals surface area (Å²) in [6.07, 6.45) is -1.39. The van der Waals surface area contributed by atoms with E-state index in [2.05, 4.69) is 5.32 Å². The first-order valence-electron chi connectivity index (χ1n) is 9.78. The van der Waals surface area contributed by atoms with Crippen LogP contribution in [-0.4, -0.2) is 30.2 Å². The highest BCUT2D eigenvalue weighted by Gasteiger charge is 2.52. The highest BCUT2D eigenvalue weighted by atomic mass is 19.1. The Hall–Kier alpha value is -2.78. The zero-order valence-corrected chi connectivity index (χ0v) is 18.0. The molecule has 1 heterocycles. The van der Waals surface area contributed by atoms with Gasteiger partial charge < -0.3 is 19.4 Å². The van der Waals surface area contributed by atoms with E-state index in [-0.39, 0.29) is 16.7 Å². The van der Waals surface area contributed by atoms with Crippen LogP contribution in [-0.2, 0) is 23.6 Å². The standard InChI is InChI=1S/C22H24BF2NO5/c1-13(27)29-19(14-7-6-8-15(24)11-14)20(28)26-16-9-10-17(18(25)12-16)23-30-21(2,3)22(4,5)31-23/h6-12,19H,1-5H3,(H,26,28). The van der Waals surface area contributed by atoms with Crippen LogP contribution < -0.4 is 10.8 Å². The molecule has 2 aromatic rings. The van der Waals surface area contributed by atoms with E-state index >= 15 is 0 Å². The minimum Gasteiger partial charge on any atom is -0.447 e. The van der Waals surface area contributed by atoms with Crippen molar-refractivity contribution >= 4 is 30.1 Å². The highest BCUT2D eigenvalue weighted by molar-refractivity contribution is 6.62. The van der Waals surface area contributed by atoms with Crippen molar-refractivity contribution in [2.75, 3.05) is 5.32 Å². The first kappa shape index (κ1) is 22.9. The molecule has 1 fully saturated rings. The van der Waals surface area contributed by atoms with Crippen molar-refractivity contribution in [3.8, 4) is 0 Å². The topological polar surface area (TPSA) is 73.9 Å². The van der Waals surface area contributed by atoms with Gasteiger partial charge in [-0.1, -0.05) is 18.2 Å². The summed E-state index contributed by atoms with van der Waals surface area (Å²) in [6.45, 7) is 8.59. The average molecular weight is 431 g/mol. The van der Waals surface area contributed by atoms with E-state index in [1.165, 1.54) is 30.3 Å². The van der Waals surface area contributed by atoms with Gasteiger partial charge in [0.2, 0.25) is 6.10 Å². The van der Waals surface area contributed by atoms with Gasteiger partial charge in [-0.3, -0.25) is 9.59 Å². The van der Waals surface area contributed by atoms with Crippen LogP contribution in [0.5, 0.6) is 0 Å². The third-order valence-electron chi connectivity index (χ3n) is 5.45. The molecule has 3 rings (SSSR count). The van der Waals surface area contributed by atoms with Crippen molar-refractivity contribution in [1.82, 2.24) is 0 Å². The van der Waals surface area contributed by atoms with Gasteiger partial charge in [-0.25, -0.2) is 8.78 Å². The van der Waals surface area contributed by atoms with E-state index in [1.54, 1.807) is 0 Å². The van der Waals surface area contributed by atoms with Crippen LogP contribution in [0.2, 0.25) is 0 Å². The molecule has 0 bridgehead atoms. The molecule has 9 heteroatoms. The Kier molecular flexibility index (Phi) is 6.20. The number of rotatable bonds is 5. The van der Waals surface area contributed by atoms with E-state index in [0.717, 1.165) is 19.1 Å². The second-order valence-electron chi connectivity index (χ2n) is 8.36. The van der Waals surface area contributed by atoms with Gasteiger partial charge in [0, 0.05) is 23.6 Å². The lowest BCUT2D eigenvalue weighted by Gasteiger charge is -2.32. The number of ether oxygens (including phenoxy) is 1. The van der Waals surface area contributed by atoms with Gasteiger partial charge >= 0.3 is 13.1 Å². The molecule has 164 valence electrons. The molecule has 1 aliphatic rings. The number of carbonyl (C=O) groups is 2. The highest BCUT2D eigenvalue weighted by Crippen LogP contribution is 2.36. The number of esters is 1. The molecule has 0 saturated carbocycles. The van der Waals surface area contributed by atoms with Gasteiger partial charge in [-0.2, -0.15) is 0 Å². The van der Waals surface area contributed by atoms with Crippen LogP contribution in [0, 0.1) is 11.6 Å². The van der Waals surface area contributed by atoms with Crippen LogP contribution in [0.4, 0.5) is 14.5 Å². The Morgan fingerprint density at radius 3 is 2.23 bits per heavy atom. The summed E-state index contributed by atoms with van der Waals surface area (Å²) in [4.78, 5) is 24.1. The fraction of sp³-hybridized carbons (Fsp3) is 0.364. The van der Waals surface area contributed by atoms with Crippen LogP contribution >= 0.6 is 0 Å². The second kappa shape index (κ2) is 8.40. The van der Waals surface area contributed by atoms with Gasteiger partial charge in [-0.15, -0.1) is 0 Å². The molecule has 1 unspecified atom stereocenters. The number of benzene rings is 2. The third kappa shape index (κ3) is 4.94. The molecule has 1 aliphatic heterocycles. The lowest BCUT2D eigenvalue weighted by Crippen LogP contribution is -2.41. The number of hydrogen-bond donors (Lipinski definition) is 1. The monoisotopic (exact) mass is 431 g/mol. The van der Waals surface area contributed by atoms with Crippen molar-refractivity contribution in [3.63, 3.8) is 0 Å². The van der Waals surface area contributed by atoms with Gasteiger partial charge in [0.25, 0.3) is 5.91 Å². The third-order valence-corrected chi connectivity index (χ3v) is 5.45. The maximum absolute atomic E-state index is 14.8. The van der Waals surface area contributed by atoms with E-state index in [4.69, 9.17) is 14.0 Å². The van der Waals surface area contributed by atoms with Crippen LogP contribution in [0.25, 0.3) is 0 Å². The fourth-order valence-corrected chi connectivity index (χ4v) is 3.08. The SMILES string of the molecule is CC(=O)OC(C(=O)Nc1ccc(B2OC(C)(C)C(C)(C)O2)c(F)c1)c1cccc(F)c1. The molecule has 2 aromatic carbocycles. The minimum atomic E-state index is -1.39. The largest absolute Gasteiger partial charge is 0.497 e. The Morgan fingerprint density at radius 1 is 1.03 bits per heavy atom. The molecule has 31 heavy (non-hydrogen) atoms. The molecule has 1 amide bonds. The number of halogens is 2. The molecule has 0 spiro atoms. The number of amides is 1. The Labute approximate surface area is 180 Å². The van der Waals surface area contributed by atoms with Crippen LogP contribution in [0.1, 0.15) is 46.3 Å². The first-order valence-corrected chi connectivity index (χ1v) is 9.78. The van der Waals surface area contributed by atoms with Crippen LogP contribution in [0.3, 0.4) is 0 Å². The van der Waals surface area contributed by atoms with Gasteiger partial charge in [0.05, 0.1) is 11.2 Å². The lowest BCUT2D eigenvalue weighted by atomic mass is 9.78. The van der Waals surface area contributed by atoms with Crippen LogP contribution in [0.15, 0.2) is 42.5 Å². The Bertz CT molecular complexity index is 995.